The molecule has 2 heterocycles. The van der Waals surface area contributed by atoms with E-state index in [-0.39, 0.29) is 18.5 Å². The highest BCUT2D eigenvalue weighted by Gasteiger charge is 2.18. The Morgan fingerprint density at radius 3 is 2.77 bits per heavy atom. The Bertz CT molecular complexity index is 915. The van der Waals surface area contributed by atoms with Gasteiger partial charge >= 0.3 is 5.69 Å². The maximum Gasteiger partial charge on any atom is 0.328 e. The fraction of sp³-hybridized carbons (Fsp3) is 0.421. The monoisotopic (exact) mass is 356 g/mol. The van der Waals surface area contributed by atoms with Crippen LogP contribution < -0.4 is 16.6 Å². The highest BCUT2D eigenvalue weighted by molar-refractivity contribution is 5.76. The van der Waals surface area contributed by atoms with Gasteiger partial charge in [0, 0.05) is 37.4 Å². The summed E-state index contributed by atoms with van der Waals surface area (Å²) >= 11 is 0. The van der Waals surface area contributed by atoms with E-state index >= 15 is 0 Å². The number of aromatic nitrogens is 2. The molecule has 7 nitrogen and oxygen atoms in total. The van der Waals surface area contributed by atoms with E-state index < -0.39 is 11.2 Å². The number of nitrogens with one attached hydrogen (secondary N) is 2. The molecule has 26 heavy (non-hydrogen) atoms. The molecule has 0 aliphatic carbocycles. The van der Waals surface area contributed by atoms with Crippen LogP contribution in [-0.2, 0) is 24.3 Å². The number of hydrogen-bond acceptors (Lipinski definition) is 4. The van der Waals surface area contributed by atoms with Crippen molar-refractivity contribution in [3.05, 3.63) is 68.0 Å². The predicted molar refractivity (Wildman–Crippen MR) is 99.1 cm³/mol. The molecule has 0 fully saturated rings. The van der Waals surface area contributed by atoms with Crippen molar-refractivity contribution in [2.45, 2.75) is 39.4 Å². The lowest BCUT2D eigenvalue weighted by molar-refractivity contribution is -0.122. The van der Waals surface area contributed by atoms with Gasteiger partial charge in [-0.25, -0.2) is 4.79 Å². The van der Waals surface area contributed by atoms with Crippen LogP contribution in [-0.4, -0.2) is 39.5 Å². The molecule has 138 valence electrons. The number of H-pyrrole nitrogens is 1. The molecular formula is C19H24N4O3. The second-order valence-corrected chi connectivity index (χ2v) is 6.92. The zero-order valence-corrected chi connectivity index (χ0v) is 15.1. The van der Waals surface area contributed by atoms with Gasteiger partial charge in [-0.15, -0.1) is 0 Å². The Labute approximate surface area is 151 Å². The first-order chi connectivity index (χ1) is 12.4. The summed E-state index contributed by atoms with van der Waals surface area (Å²) in [6.07, 6.45) is 2.43. The van der Waals surface area contributed by atoms with Crippen LogP contribution >= 0.6 is 0 Å². The second-order valence-electron chi connectivity index (χ2n) is 6.92. The molecule has 1 atom stereocenters. The van der Waals surface area contributed by atoms with E-state index in [1.54, 1.807) is 6.92 Å². The summed E-state index contributed by atoms with van der Waals surface area (Å²) in [7, 11) is 0. The van der Waals surface area contributed by atoms with Gasteiger partial charge < -0.3 is 5.32 Å². The van der Waals surface area contributed by atoms with Crippen LogP contribution in [0.2, 0.25) is 0 Å². The highest BCUT2D eigenvalue weighted by atomic mass is 16.2. The van der Waals surface area contributed by atoms with E-state index in [0.717, 1.165) is 26.1 Å². The Kier molecular flexibility index (Phi) is 5.37. The average Bonchev–Trinajstić information content (AvgIpc) is 2.59. The van der Waals surface area contributed by atoms with Gasteiger partial charge in [0.1, 0.15) is 6.54 Å². The lowest BCUT2D eigenvalue weighted by Crippen LogP contribution is -2.45. The fourth-order valence-corrected chi connectivity index (χ4v) is 3.35. The smallest absolute Gasteiger partial charge is 0.328 e. The number of aryl methyl sites for hydroxylation is 1. The Hall–Kier alpha value is -2.67. The van der Waals surface area contributed by atoms with Crippen molar-refractivity contribution < 1.29 is 4.79 Å². The normalized spacial score (nSPS) is 15.3. The molecule has 0 radical (unpaired) electrons. The predicted octanol–water partition coefficient (Wildman–Crippen LogP) is 0.408. The molecule has 0 spiro atoms. The lowest BCUT2D eigenvalue weighted by atomic mass is 10.00. The number of rotatable bonds is 5. The minimum Gasteiger partial charge on any atom is -0.351 e. The van der Waals surface area contributed by atoms with E-state index in [1.165, 1.54) is 21.9 Å². The molecule has 0 saturated carbocycles. The zero-order chi connectivity index (χ0) is 18.7. The molecule has 2 N–H and O–H groups in total. The third-order valence-electron chi connectivity index (χ3n) is 4.65. The number of fused-ring (bicyclic) bond motifs is 1. The molecule has 1 aromatic carbocycles. The maximum absolute atomic E-state index is 12.2. The molecule has 1 amide bonds. The first-order valence-corrected chi connectivity index (χ1v) is 8.81. The van der Waals surface area contributed by atoms with Crippen molar-refractivity contribution in [3.63, 3.8) is 0 Å². The largest absolute Gasteiger partial charge is 0.351 e. The topological polar surface area (TPSA) is 87.2 Å². The van der Waals surface area contributed by atoms with Crippen LogP contribution in [0.5, 0.6) is 0 Å². The van der Waals surface area contributed by atoms with Crippen molar-refractivity contribution in [2.75, 3.05) is 13.1 Å². The molecule has 7 heteroatoms. The van der Waals surface area contributed by atoms with E-state index in [1.807, 2.05) is 6.92 Å². The Morgan fingerprint density at radius 2 is 2.00 bits per heavy atom. The molecule has 1 aliphatic heterocycles. The number of amides is 1. The number of carbonyl (C=O) groups excluding carboxylic acids is 1. The number of benzene rings is 1. The van der Waals surface area contributed by atoms with E-state index in [2.05, 4.69) is 39.5 Å². The third kappa shape index (κ3) is 4.29. The first kappa shape index (κ1) is 18.1. The summed E-state index contributed by atoms with van der Waals surface area (Å²) in [6.45, 7) is 6.05. The zero-order valence-electron chi connectivity index (χ0n) is 15.1. The van der Waals surface area contributed by atoms with E-state index in [9.17, 15) is 14.4 Å². The number of aromatic amines is 1. The van der Waals surface area contributed by atoms with Crippen molar-refractivity contribution >= 4 is 5.91 Å². The summed E-state index contributed by atoms with van der Waals surface area (Å²) in [5.41, 5.74) is 2.14. The van der Waals surface area contributed by atoms with Crippen molar-refractivity contribution in [2.24, 2.45) is 0 Å². The van der Waals surface area contributed by atoms with Crippen molar-refractivity contribution in [1.29, 1.82) is 0 Å². The second kappa shape index (κ2) is 7.70. The standard InChI is InChI=1S/C19H24N4O3/c1-13-9-23(19(26)21-18(13)25)12-17(24)20-14(2)10-22-8-7-15-5-3-4-6-16(15)11-22/h3-6,9,14H,7-8,10-12H2,1-2H3,(H,20,24)(H,21,25,26)/t14-/m0/s1. The maximum atomic E-state index is 12.2. The first-order valence-electron chi connectivity index (χ1n) is 8.81. The molecule has 2 aromatic rings. The van der Waals surface area contributed by atoms with Crippen LogP contribution in [0.3, 0.4) is 0 Å². The van der Waals surface area contributed by atoms with Gasteiger partial charge in [0.2, 0.25) is 5.91 Å². The van der Waals surface area contributed by atoms with E-state index in [0.29, 0.717) is 5.56 Å². The van der Waals surface area contributed by atoms with Gasteiger partial charge in [0.15, 0.2) is 0 Å². The molecule has 0 unspecified atom stereocenters. The summed E-state index contributed by atoms with van der Waals surface area (Å²) in [4.78, 5) is 39.9. The Balaban J connectivity index is 1.54. The van der Waals surface area contributed by atoms with Crippen LogP contribution in [0.4, 0.5) is 0 Å². The summed E-state index contributed by atoms with van der Waals surface area (Å²) in [5.74, 6) is -0.247. The summed E-state index contributed by atoms with van der Waals surface area (Å²) in [5, 5.41) is 2.93. The number of nitrogens with zero attached hydrogens (tertiary/aromatic N) is 2. The summed E-state index contributed by atoms with van der Waals surface area (Å²) in [6, 6.07) is 8.40. The van der Waals surface area contributed by atoms with Crippen LogP contribution in [0.15, 0.2) is 40.1 Å². The SMILES string of the molecule is Cc1cn(CC(=O)N[C@@H](C)CN2CCc3ccccc3C2)c(=O)[nH]c1=O. The highest BCUT2D eigenvalue weighted by Crippen LogP contribution is 2.18. The third-order valence-corrected chi connectivity index (χ3v) is 4.65. The Morgan fingerprint density at radius 1 is 1.27 bits per heavy atom. The van der Waals surface area contributed by atoms with Crippen molar-refractivity contribution in [1.82, 2.24) is 19.8 Å². The van der Waals surface area contributed by atoms with Gasteiger partial charge in [-0.05, 0) is 31.4 Å². The lowest BCUT2D eigenvalue weighted by Gasteiger charge is -2.31. The number of carbonyl (C=O) groups is 1. The molecule has 3 rings (SSSR count). The van der Waals surface area contributed by atoms with Gasteiger partial charge in [-0.1, -0.05) is 24.3 Å². The van der Waals surface area contributed by atoms with Gasteiger partial charge in [0.05, 0.1) is 0 Å². The van der Waals surface area contributed by atoms with Gasteiger partial charge in [-0.3, -0.25) is 24.0 Å². The number of hydrogen-bond donors (Lipinski definition) is 2. The molecule has 0 saturated heterocycles. The minimum absolute atomic E-state index is 0.0349. The van der Waals surface area contributed by atoms with Gasteiger partial charge in [-0.2, -0.15) is 0 Å². The quantitative estimate of drug-likeness (QED) is 0.812. The van der Waals surface area contributed by atoms with E-state index in [4.69, 9.17) is 0 Å². The molecule has 1 aliphatic rings. The fourth-order valence-electron chi connectivity index (χ4n) is 3.35. The molecule has 1 aromatic heterocycles. The van der Waals surface area contributed by atoms with Gasteiger partial charge in [0.25, 0.3) is 5.56 Å². The van der Waals surface area contributed by atoms with Crippen molar-refractivity contribution in [3.8, 4) is 0 Å². The van der Waals surface area contributed by atoms with Crippen LogP contribution in [0, 0.1) is 6.92 Å². The summed E-state index contributed by atoms with van der Waals surface area (Å²) < 4.78 is 1.22. The average molecular weight is 356 g/mol. The minimum atomic E-state index is -0.573. The van der Waals surface area contributed by atoms with Crippen LogP contribution in [0.1, 0.15) is 23.6 Å². The van der Waals surface area contributed by atoms with Crippen LogP contribution in [0.25, 0.3) is 0 Å². The molecular weight excluding hydrogens is 332 g/mol. The molecule has 0 bridgehead atoms.